The summed E-state index contributed by atoms with van der Waals surface area (Å²) in [6.07, 6.45) is 6.91. The molecule has 1 aromatic carbocycles. The Hall–Kier alpha value is -0.000000000000000111. The van der Waals surface area contributed by atoms with Crippen molar-refractivity contribution >= 4 is 49.5 Å². The molecule has 2 atom stereocenters. The highest BCUT2D eigenvalue weighted by molar-refractivity contribution is 9.11. The van der Waals surface area contributed by atoms with E-state index in [-0.39, 0.29) is 5.91 Å². The largest absolute Gasteiger partial charge is 0.348 e. The fraction of sp³-hybridized carbons (Fsp3) is 0.500. The van der Waals surface area contributed by atoms with Gasteiger partial charge in [-0.2, -0.15) is 11.8 Å². The molecule has 0 radical (unpaired) electrons. The molecule has 1 aromatic rings. The summed E-state index contributed by atoms with van der Waals surface area (Å²) in [4.78, 5) is 12.3. The predicted molar refractivity (Wildman–Crippen MR) is 88.9 cm³/mol. The fourth-order valence-electron chi connectivity index (χ4n) is 2.48. The van der Waals surface area contributed by atoms with E-state index in [4.69, 9.17) is 0 Å². The number of carbonyl (C=O) groups excluding carboxylic acids is 1. The Morgan fingerprint density at radius 1 is 1.21 bits per heavy atom. The third kappa shape index (κ3) is 4.23. The molecule has 0 aliphatic heterocycles. The molecule has 1 fully saturated rings. The zero-order valence-corrected chi connectivity index (χ0v) is 14.8. The molecule has 1 saturated carbocycles. The maximum atomic E-state index is 12.3. The van der Waals surface area contributed by atoms with Crippen LogP contribution in [0.1, 0.15) is 36.0 Å². The summed E-state index contributed by atoms with van der Waals surface area (Å²) in [5, 5.41) is 3.74. The summed E-state index contributed by atoms with van der Waals surface area (Å²) in [5.41, 5.74) is 0.701. The molecule has 0 saturated heterocycles. The first-order valence-corrected chi connectivity index (χ1v) is 9.27. The summed E-state index contributed by atoms with van der Waals surface area (Å²) in [6, 6.07) is 5.95. The topological polar surface area (TPSA) is 29.1 Å². The summed E-state index contributed by atoms with van der Waals surface area (Å²) >= 11 is 8.70. The average Bonchev–Trinajstić information content (AvgIpc) is 2.38. The molecule has 1 N–H and O–H groups in total. The van der Waals surface area contributed by atoms with E-state index < -0.39 is 0 Å². The van der Waals surface area contributed by atoms with E-state index in [1.807, 2.05) is 30.0 Å². The molecular weight excluding hydrogens is 390 g/mol. The molecule has 1 aliphatic rings. The van der Waals surface area contributed by atoms with Crippen LogP contribution in [0.15, 0.2) is 27.1 Å². The standard InChI is InChI=1S/C14H17Br2NOS/c1-19-13-5-3-2-4-12(13)17-14(18)9-6-10(15)8-11(16)7-9/h6-8,12-13H,2-5H2,1H3,(H,17,18). The Kier molecular flexibility index (Phi) is 5.78. The lowest BCUT2D eigenvalue weighted by atomic mass is 9.94. The lowest BCUT2D eigenvalue weighted by Gasteiger charge is -2.31. The monoisotopic (exact) mass is 405 g/mol. The highest BCUT2D eigenvalue weighted by Gasteiger charge is 2.26. The van der Waals surface area contributed by atoms with E-state index in [2.05, 4.69) is 43.4 Å². The van der Waals surface area contributed by atoms with E-state index >= 15 is 0 Å². The number of hydrogen-bond donors (Lipinski definition) is 1. The summed E-state index contributed by atoms with van der Waals surface area (Å²) in [7, 11) is 0. The lowest BCUT2D eigenvalue weighted by Crippen LogP contribution is -2.43. The molecule has 0 aromatic heterocycles. The van der Waals surface area contributed by atoms with Crippen LogP contribution < -0.4 is 5.32 Å². The number of carbonyl (C=O) groups is 1. The molecule has 0 heterocycles. The number of halogens is 2. The van der Waals surface area contributed by atoms with Crippen molar-refractivity contribution < 1.29 is 4.79 Å². The quantitative estimate of drug-likeness (QED) is 0.793. The predicted octanol–water partition coefficient (Wildman–Crippen LogP) is 4.62. The van der Waals surface area contributed by atoms with Crippen molar-refractivity contribution in [3.8, 4) is 0 Å². The van der Waals surface area contributed by atoms with Crippen molar-refractivity contribution in [3.05, 3.63) is 32.7 Å². The molecule has 2 unspecified atom stereocenters. The second kappa shape index (κ2) is 7.14. The van der Waals surface area contributed by atoms with Gasteiger partial charge in [0.2, 0.25) is 0 Å². The van der Waals surface area contributed by atoms with Gasteiger partial charge >= 0.3 is 0 Å². The first kappa shape index (κ1) is 15.4. The summed E-state index contributed by atoms with van der Waals surface area (Å²) in [5.74, 6) is 0.0213. The van der Waals surface area contributed by atoms with Crippen LogP contribution in [-0.4, -0.2) is 23.5 Å². The number of nitrogens with one attached hydrogen (secondary N) is 1. The van der Waals surface area contributed by atoms with Crippen LogP contribution in [0, 0.1) is 0 Å². The maximum absolute atomic E-state index is 12.3. The van der Waals surface area contributed by atoms with Gasteiger partial charge < -0.3 is 5.32 Å². The number of benzene rings is 1. The van der Waals surface area contributed by atoms with Crippen molar-refractivity contribution in [2.75, 3.05) is 6.26 Å². The van der Waals surface area contributed by atoms with Crippen molar-refractivity contribution in [1.82, 2.24) is 5.32 Å². The van der Waals surface area contributed by atoms with Crippen molar-refractivity contribution in [3.63, 3.8) is 0 Å². The van der Waals surface area contributed by atoms with Gasteiger partial charge in [0.25, 0.3) is 5.91 Å². The average molecular weight is 407 g/mol. The molecule has 104 valence electrons. The van der Waals surface area contributed by atoms with Crippen LogP contribution in [0.4, 0.5) is 0 Å². The second-order valence-electron chi connectivity index (χ2n) is 4.80. The van der Waals surface area contributed by atoms with Crippen LogP contribution in [0.25, 0.3) is 0 Å². The molecule has 0 spiro atoms. The van der Waals surface area contributed by atoms with Gasteiger partial charge in [-0.1, -0.05) is 44.7 Å². The minimum absolute atomic E-state index is 0.0213. The van der Waals surface area contributed by atoms with Crippen LogP contribution in [0.2, 0.25) is 0 Å². The zero-order valence-electron chi connectivity index (χ0n) is 10.8. The zero-order chi connectivity index (χ0) is 13.8. The Balaban J connectivity index is 2.07. The third-order valence-electron chi connectivity index (χ3n) is 3.45. The minimum atomic E-state index is 0.0213. The maximum Gasteiger partial charge on any atom is 0.251 e. The highest BCUT2D eigenvalue weighted by atomic mass is 79.9. The lowest BCUT2D eigenvalue weighted by molar-refractivity contribution is 0.0929. The van der Waals surface area contributed by atoms with Crippen LogP contribution in [0.3, 0.4) is 0 Å². The Labute approximate surface area is 135 Å². The first-order chi connectivity index (χ1) is 9.10. The smallest absolute Gasteiger partial charge is 0.251 e. The van der Waals surface area contributed by atoms with Crippen molar-refractivity contribution in [1.29, 1.82) is 0 Å². The number of rotatable bonds is 3. The molecule has 1 amide bonds. The fourth-order valence-corrected chi connectivity index (χ4v) is 4.71. The third-order valence-corrected chi connectivity index (χ3v) is 5.53. The van der Waals surface area contributed by atoms with Crippen LogP contribution >= 0.6 is 43.6 Å². The van der Waals surface area contributed by atoms with Gasteiger partial charge in [0.05, 0.1) is 0 Å². The van der Waals surface area contributed by atoms with Gasteiger partial charge in [0.15, 0.2) is 0 Å². The van der Waals surface area contributed by atoms with Crippen LogP contribution in [-0.2, 0) is 0 Å². The van der Waals surface area contributed by atoms with E-state index in [0.29, 0.717) is 16.9 Å². The molecule has 0 bridgehead atoms. The normalized spacial score (nSPS) is 23.1. The molecule has 2 nitrogen and oxygen atoms in total. The minimum Gasteiger partial charge on any atom is -0.348 e. The second-order valence-corrected chi connectivity index (χ2v) is 7.70. The molecule has 19 heavy (non-hydrogen) atoms. The van der Waals surface area contributed by atoms with Gasteiger partial charge in [-0.15, -0.1) is 0 Å². The first-order valence-electron chi connectivity index (χ1n) is 6.40. The van der Waals surface area contributed by atoms with E-state index in [1.165, 1.54) is 19.3 Å². The summed E-state index contributed by atoms with van der Waals surface area (Å²) < 4.78 is 1.83. The summed E-state index contributed by atoms with van der Waals surface area (Å²) in [6.45, 7) is 0. The van der Waals surface area contributed by atoms with Gasteiger partial charge in [0.1, 0.15) is 0 Å². The Morgan fingerprint density at radius 3 is 2.47 bits per heavy atom. The van der Waals surface area contributed by atoms with Gasteiger partial charge in [-0.05, 0) is 37.3 Å². The Morgan fingerprint density at radius 2 is 1.84 bits per heavy atom. The molecule has 5 heteroatoms. The molecule has 1 aliphatic carbocycles. The number of hydrogen-bond acceptors (Lipinski definition) is 2. The molecular formula is C14H17Br2NOS. The molecule has 2 rings (SSSR count). The number of thioether (sulfide) groups is 1. The van der Waals surface area contributed by atoms with Crippen LogP contribution in [0.5, 0.6) is 0 Å². The van der Waals surface area contributed by atoms with Gasteiger partial charge in [0, 0.05) is 25.8 Å². The van der Waals surface area contributed by atoms with Crippen molar-refractivity contribution in [2.45, 2.75) is 37.0 Å². The van der Waals surface area contributed by atoms with Crippen molar-refractivity contribution in [2.24, 2.45) is 0 Å². The SMILES string of the molecule is CSC1CCCCC1NC(=O)c1cc(Br)cc(Br)c1. The van der Waals surface area contributed by atoms with E-state index in [9.17, 15) is 4.79 Å². The number of amides is 1. The highest BCUT2D eigenvalue weighted by Crippen LogP contribution is 2.27. The van der Waals surface area contributed by atoms with E-state index in [0.717, 1.165) is 15.4 Å². The Bertz CT molecular complexity index is 447. The van der Waals surface area contributed by atoms with Gasteiger partial charge in [-0.3, -0.25) is 4.79 Å². The van der Waals surface area contributed by atoms with E-state index in [1.54, 1.807) is 0 Å². The van der Waals surface area contributed by atoms with Gasteiger partial charge in [-0.25, -0.2) is 0 Å².